The van der Waals surface area contributed by atoms with E-state index >= 15 is 0 Å². The molecule has 3 atom stereocenters. The number of hydrogen-bond donors (Lipinski definition) is 6. The maximum atomic E-state index is 10.7. The summed E-state index contributed by atoms with van der Waals surface area (Å²) < 4.78 is 0. The molecule has 0 radical (unpaired) electrons. The van der Waals surface area contributed by atoms with Crippen molar-refractivity contribution in [3.63, 3.8) is 0 Å². The van der Waals surface area contributed by atoms with E-state index in [1.165, 1.54) is 0 Å². The van der Waals surface area contributed by atoms with Crippen LogP contribution in [-0.2, 0) is 9.59 Å². The van der Waals surface area contributed by atoms with Gasteiger partial charge >= 0.3 is 0 Å². The fraction of sp³-hybridized carbons (Fsp3) is 0.455. The maximum Gasteiger partial charge on any atom is 0.258 e. The Morgan fingerprint density at radius 2 is 1.42 bits per heavy atom. The second-order valence-corrected chi connectivity index (χ2v) is 4.14. The average molecular weight is 274 g/mol. The van der Waals surface area contributed by atoms with Crippen LogP contribution in [0.1, 0.15) is 0 Å². The van der Waals surface area contributed by atoms with Crippen molar-refractivity contribution in [3.8, 4) is 0 Å². The Bertz CT molecular complexity index is 438. The summed E-state index contributed by atoms with van der Waals surface area (Å²) in [4.78, 5) is 21.0. The van der Waals surface area contributed by atoms with Gasteiger partial charge in [0, 0.05) is 0 Å². The van der Waals surface area contributed by atoms with Crippen molar-refractivity contribution in [2.45, 2.75) is 23.6 Å². The number of carbonyl (C=O) groups excluding carboxylic acids is 2. The van der Waals surface area contributed by atoms with Crippen LogP contribution in [0.3, 0.4) is 0 Å². The fourth-order valence-corrected chi connectivity index (χ4v) is 1.38. The molecule has 0 unspecified atom stereocenters. The molecule has 106 valence electrons. The molecule has 8 heteroatoms. The van der Waals surface area contributed by atoms with E-state index in [1.54, 1.807) is 0 Å². The van der Waals surface area contributed by atoms with Crippen LogP contribution in [0.2, 0.25) is 0 Å². The van der Waals surface area contributed by atoms with Crippen molar-refractivity contribution in [1.82, 2.24) is 0 Å². The first-order chi connectivity index (χ1) is 8.66. The van der Waals surface area contributed by atoms with Gasteiger partial charge in [-0.05, 0) is 24.3 Å². The summed E-state index contributed by atoms with van der Waals surface area (Å²) in [5.41, 5.74) is -1.99. The highest BCUT2D eigenvalue weighted by Gasteiger charge is 2.44. The van der Waals surface area contributed by atoms with Crippen molar-refractivity contribution in [2.75, 3.05) is 6.61 Å². The number of hydrogen-bond acceptors (Lipinski definition) is 8. The summed E-state index contributed by atoms with van der Waals surface area (Å²) >= 11 is 0. The van der Waals surface area contributed by atoms with Gasteiger partial charge in [0.15, 0.2) is 11.4 Å². The maximum absolute atomic E-state index is 10.7. The fourth-order valence-electron chi connectivity index (χ4n) is 1.38. The average Bonchev–Trinajstić information content (AvgIpc) is 2.76. The van der Waals surface area contributed by atoms with E-state index in [2.05, 4.69) is 0 Å². The highest BCUT2D eigenvalue weighted by molar-refractivity contribution is 6.00. The van der Waals surface area contributed by atoms with Crippen LogP contribution in [0.5, 0.6) is 0 Å². The SMILES string of the molecule is O=C1C=C[C@H](O)C1(O)O.O=C1C=C[C@H](O)[C@@]1(O)CO. The molecule has 0 aliphatic heterocycles. The predicted octanol–water partition coefficient (Wildman–Crippen LogP) is -3.62. The van der Waals surface area contributed by atoms with Gasteiger partial charge in [-0.3, -0.25) is 9.59 Å². The van der Waals surface area contributed by atoms with E-state index in [0.717, 1.165) is 24.3 Å². The smallest absolute Gasteiger partial charge is 0.258 e. The summed E-state index contributed by atoms with van der Waals surface area (Å²) in [6, 6.07) is 0. The topological polar surface area (TPSA) is 156 Å². The number of carbonyl (C=O) groups is 2. The standard InChI is InChI=1S/C6H8O4.C5H6O4/c7-3-6(10)4(8)1-2-5(6)9;6-3-1-2-4(7)5(3,8)9/h1-2,4,7-8,10H,3H2;1-3,6,8-9H/t4-,6-;3-/m00/s1. The molecule has 2 aliphatic carbocycles. The van der Waals surface area contributed by atoms with E-state index < -0.39 is 41.8 Å². The lowest BCUT2D eigenvalue weighted by Gasteiger charge is -2.21. The highest BCUT2D eigenvalue weighted by Crippen LogP contribution is 2.19. The first kappa shape index (κ1) is 15.6. The third-order valence-corrected chi connectivity index (χ3v) is 2.79. The lowest BCUT2D eigenvalue weighted by atomic mass is 9.99. The van der Waals surface area contributed by atoms with Gasteiger partial charge < -0.3 is 30.6 Å². The molecule has 0 aromatic carbocycles. The molecule has 6 N–H and O–H groups in total. The molecule has 2 aliphatic rings. The minimum atomic E-state index is -2.58. The Hall–Kier alpha value is -1.42. The molecule has 0 saturated carbocycles. The van der Waals surface area contributed by atoms with Crippen molar-refractivity contribution < 1.29 is 40.2 Å². The molecule has 0 saturated heterocycles. The van der Waals surface area contributed by atoms with Crippen LogP contribution in [0.15, 0.2) is 24.3 Å². The molecule has 0 aromatic heterocycles. The third kappa shape index (κ3) is 2.78. The van der Waals surface area contributed by atoms with Crippen LogP contribution >= 0.6 is 0 Å². The molecule has 0 bridgehead atoms. The lowest BCUT2D eigenvalue weighted by molar-refractivity contribution is -0.201. The lowest BCUT2D eigenvalue weighted by Crippen LogP contribution is -2.47. The zero-order chi connectivity index (χ0) is 14.8. The molecule has 0 amide bonds. The second-order valence-electron chi connectivity index (χ2n) is 4.14. The second kappa shape index (κ2) is 5.29. The Morgan fingerprint density at radius 1 is 0.947 bits per heavy atom. The Morgan fingerprint density at radius 3 is 1.58 bits per heavy atom. The largest absolute Gasteiger partial charge is 0.393 e. The minimum absolute atomic E-state index is 0.650. The summed E-state index contributed by atoms with van der Waals surface area (Å²) in [6.45, 7) is -0.750. The van der Waals surface area contributed by atoms with Crippen LogP contribution < -0.4 is 0 Å². The van der Waals surface area contributed by atoms with E-state index in [1.807, 2.05) is 0 Å². The van der Waals surface area contributed by atoms with Crippen LogP contribution in [0.25, 0.3) is 0 Å². The van der Waals surface area contributed by atoms with Gasteiger partial charge in [0.1, 0.15) is 12.2 Å². The van der Waals surface area contributed by atoms with E-state index in [0.29, 0.717) is 0 Å². The Kier molecular flexibility index (Phi) is 4.35. The van der Waals surface area contributed by atoms with Crippen LogP contribution in [-0.4, -0.2) is 72.4 Å². The number of aliphatic hydroxyl groups excluding tert-OH is 3. The van der Waals surface area contributed by atoms with Crippen LogP contribution in [0.4, 0.5) is 0 Å². The zero-order valence-corrected chi connectivity index (χ0v) is 9.67. The van der Waals surface area contributed by atoms with E-state index in [4.69, 9.17) is 30.6 Å². The molecule has 0 heterocycles. The molecule has 0 fully saturated rings. The van der Waals surface area contributed by atoms with Crippen LogP contribution in [0, 0.1) is 0 Å². The number of rotatable bonds is 1. The molecule has 8 nitrogen and oxygen atoms in total. The molecular formula is C11H14O8. The third-order valence-electron chi connectivity index (χ3n) is 2.79. The number of aliphatic hydroxyl groups is 6. The minimum Gasteiger partial charge on any atom is -0.393 e. The first-order valence-electron chi connectivity index (χ1n) is 5.25. The van der Waals surface area contributed by atoms with Gasteiger partial charge in [-0.15, -0.1) is 0 Å². The van der Waals surface area contributed by atoms with Gasteiger partial charge in [-0.1, -0.05) is 0 Å². The van der Waals surface area contributed by atoms with Gasteiger partial charge in [-0.25, -0.2) is 0 Å². The summed E-state index contributed by atoms with van der Waals surface area (Å²) in [5, 5.41) is 52.4. The van der Waals surface area contributed by atoms with Crippen molar-refractivity contribution >= 4 is 11.6 Å². The van der Waals surface area contributed by atoms with E-state index in [9.17, 15) is 9.59 Å². The molecule has 0 aromatic rings. The molecular weight excluding hydrogens is 260 g/mol. The Labute approximate surface area is 107 Å². The van der Waals surface area contributed by atoms with Crippen molar-refractivity contribution in [1.29, 1.82) is 0 Å². The van der Waals surface area contributed by atoms with Crippen molar-refractivity contribution in [3.05, 3.63) is 24.3 Å². The molecule has 2 rings (SSSR count). The van der Waals surface area contributed by atoms with E-state index in [-0.39, 0.29) is 0 Å². The van der Waals surface area contributed by atoms with Gasteiger partial charge in [-0.2, -0.15) is 0 Å². The monoisotopic (exact) mass is 274 g/mol. The normalized spacial score (nSPS) is 35.5. The van der Waals surface area contributed by atoms with Crippen molar-refractivity contribution in [2.24, 2.45) is 0 Å². The molecule has 19 heavy (non-hydrogen) atoms. The zero-order valence-electron chi connectivity index (χ0n) is 9.67. The first-order valence-corrected chi connectivity index (χ1v) is 5.25. The van der Waals surface area contributed by atoms with Gasteiger partial charge in [0.25, 0.3) is 5.79 Å². The summed E-state index contributed by atoms with van der Waals surface area (Å²) in [7, 11) is 0. The summed E-state index contributed by atoms with van der Waals surface area (Å²) in [5.74, 6) is -4.11. The highest BCUT2D eigenvalue weighted by atomic mass is 16.5. The summed E-state index contributed by atoms with van der Waals surface area (Å²) in [6.07, 6.45) is 1.42. The van der Waals surface area contributed by atoms with Gasteiger partial charge in [0.05, 0.1) is 6.61 Å². The quantitative estimate of drug-likeness (QED) is 0.268. The molecule has 0 spiro atoms. The Balaban J connectivity index is 0.000000191. The number of ketones is 2. The predicted molar refractivity (Wildman–Crippen MR) is 59.5 cm³/mol. The van der Waals surface area contributed by atoms with Gasteiger partial charge in [0.2, 0.25) is 5.78 Å².